The van der Waals surface area contributed by atoms with Gasteiger partial charge in [-0.15, -0.1) is 12.8 Å². The summed E-state index contributed by atoms with van der Waals surface area (Å²) >= 11 is 0. The summed E-state index contributed by atoms with van der Waals surface area (Å²) < 4.78 is 13.2. The van der Waals surface area contributed by atoms with Gasteiger partial charge in [0, 0.05) is 0 Å². The van der Waals surface area contributed by atoms with Crippen LogP contribution in [0.25, 0.3) is 11.0 Å². The van der Waals surface area contributed by atoms with E-state index in [1.165, 1.54) is 0 Å². The van der Waals surface area contributed by atoms with Crippen molar-refractivity contribution < 1.29 is 9.47 Å². The minimum absolute atomic E-state index is 0.0600. The van der Waals surface area contributed by atoms with E-state index in [-0.39, 0.29) is 19.0 Å². The van der Waals surface area contributed by atoms with E-state index in [1.807, 2.05) is 34.9 Å². The highest BCUT2D eigenvalue weighted by Crippen LogP contribution is 2.40. The Balaban J connectivity index is 1.89. The van der Waals surface area contributed by atoms with Crippen LogP contribution in [0.15, 0.2) is 53.9 Å². The van der Waals surface area contributed by atoms with Crippen molar-refractivity contribution in [3.63, 3.8) is 0 Å². The topological polar surface area (TPSA) is 98.1 Å². The van der Waals surface area contributed by atoms with E-state index in [1.54, 1.807) is 12.1 Å². The van der Waals surface area contributed by atoms with Crippen molar-refractivity contribution in [2.45, 2.75) is 6.04 Å². The van der Waals surface area contributed by atoms with Gasteiger partial charge in [0.05, 0.1) is 16.6 Å². The molecular formula is C23H17N5O2. The van der Waals surface area contributed by atoms with Crippen LogP contribution in [0.3, 0.4) is 0 Å². The lowest BCUT2D eigenvalue weighted by atomic mass is 9.97. The Labute approximate surface area is 173 Å². The number of hydrogen-bond donors (Lipinski definition) is 2. The first-order valence-electron chi connectivity index (χ1n) is 9.08. The quantitative estimate of drug-likeness (QED) is 0.645. The monoisotopic (exact) mass is 395 g/mol. The normalized spacial score (nSPS) is 14.8. The Morgan fingerprint density at radius 3 is 2.57 bits per heavy atom. The molecule has 0 saturated carbocycles. The summed E-state index contributed by atoms with van der Waals surface area (Å²) in [6, 6.07) is 14.7. The summed E-state index contributed by atoms with van der Waals surface area (Å²) in [4.78, 5) is 4.60. The third kappa shape index (κ3) is 3.13. The largest absolute Gasteiger partial charge is 0.477 e. The van der Waals surface area contributed by atoms with E-state index in [9.17, 15) is 5.26 Å². The van der Waals surface area contributed by atoms with Crippen molar-refractivity contribution in [2.24, 2.45) is 5.73 Å². The molecule has 1 aromatic heterocycles. The number of fused-ring (bicyclic) bond motifs is 3. The van der Waals surface area contributed by atoms with E-state index in [2.05, 4.69) is 28.2 Å². The Morgan fingerprint density at radius 2 is 1.83 bits per heavy atom. The molecule has 0 aliphatic carbocycles. The highest BCUT2D eigenvalue weighted by Gasteiger charge is 2.31. The molecule has 0 radical (unpaired) electrons. The first kappa shape index (κ1) is 18.8. The van der Waals surface area contributed by atoms with Gasteiger partial charge >= 0.3 is 0 Å². The van der Waals surface area contributed by atoms with Gasteiger partial charge in [0.15, 0.2) is 11.5 Å². The zero-order chi connectivity index (χ0) is 21.1. The zero-order valence-corrected chi connectivity index (χ0v) is 15.9. The number of anilines is 1. The molecule has 0 amide bonds. The molecule has 146 valence electrons. The van der Waals surface area contributed by atoms with Crippen LogP contribution in [0.1, 0.15) is 11.6 Å². The number of aromatic nitrogens is 2. The Bertz CT molecular complexity index is 1280. The molecular weight excluding hydrogens is 378 g/mol. The third-order valence-electron chi connectivity index (χ3n) is 4.69. The maximum Gasteiger partial charge on any atom is 0.210 e. The van der Waals surface area contributed by atoms with Gasteiger partial charge in [-0.3, -0.25) is 4.57 Å². The molecule has 1 aliphatic heterocycles. The first-order valence-corrected chi connectivity index (χ1v) is 9.08. The number of ether oxygens (including phenoxy) is 2. The van der Waals surface area contributed by atoms with Crippen molar-refractivity contribution in [3.05, 3.63) is 59.4 Å². The number of allylic oxidation sites excluding steroid dienone is 1. The van der Waals surface area contributed by atoms with Gasteiger partial charge in [0.1, 0.15) is 31.1 Å². The van der Waals surface area contributed by atoms with Crippen LogP contribution in [-0.4, -0.2) is 22.8 Å². The maximum absolute atomic E-state index is 9.84. The highest BCUT2D eigenvalue weighted by molar-refractivity contribution is 5.80. The third-order valence-corrected chi connectivity index (χ3v) is 4.69. The summed E-state index contributed by atoms with van der Waals surface area (Å²) in [5, 5.41) is 12.9. The molecule has 0 saturated heterocycles. The fourth-order valence-electron chi connectivity index (χ4n) is 3.46. The average Bonchev–Trinajstić information content (AvgIpc) is 3.13. The van der Waals surface area contributed by atoms with Crippen LogP contribution in [-0.2, 0) is 0 Å². The number of para-hydroxylation sites is 2. The lowest BCUT2D eigenvalue weighted by Gasteiger charge is -2.28. The second-order valence-electron chi connectivity index (χ2n) is 6.45. The number of nitrogens with zero attached hydrogens (tertiary/aromatic N) is 3. The number of terminal acetylenes is 2. The highest BCUT2D eigenvalue weighted by atomic mass is 16.5. The van der Waals surface area contributed by atoms with Crippen LogP contribution >= 0.6 is 0 Å². The summed E-state index contributed by atoms with van der Waals surface area (Å²) in [5.74, 6) is 6.56. The number of rotatable bonds is 5. The van der Waals surface area contributed by atoms with Gasteiger partial charge in [-0.05, 0) is 29.8 Å². The van der Waals surface area contributed by atoms with Crippen LogP contribution in [0.4, 0.5) is 5.95 Å². The molecule has 2 aromatic carbocycles. The second-order valence-corrected chi connectivity index (χ2v) is 6.45. The van der Waals surface area contributed by atoms with Gasteiger partial charge in [-0.25, -0.2) is 4.98 Å². The molecule has 2 heterocycles. The van der Waals surface area contributed by atoms with Gasteiger partial charge < -0.3 is 20.5 Å². The minimum atomic E-state index is -0.506. The maximum atomic E-state index is 9.84. The number of nitriles is 1. The number of nitrogens with two attached hydrogens (primary N) is 1. The fourth-order valence-corrected chi connectivity index (χ4v) is 3.46. The number of benzene rings is 2. The number of hydrogen-bond acceptors (Lipinski definition) is 6. The Kier molecular flexibility index (Phi) is 4.91. The summed E-state index contributed by atoms with van der Waals surface area (Å²) in [5.41, 5.74) is 8.94. The van der Waals surface area contributed by atoms with E-state index in [0.717, 1.165) is 16.6 Å². The van der Waals surface area contributed by atoms with Crippen molar-refractivity contribution in [2.75, 3.05) is 18.5 Å². The molecule has 1 aliphatic rings. The summed E-state index contributed by atoms with van der Waals surface area (Å²) in [7, 11) is 0. The average molecular weight is 395 g/mol. The van der Waals surface area contributed by atoms with Crippen LogP contribution < -0.4 is 20.5 Å². The van der Waals surface area contributed by atoms with E-state index >= 15 is 0 Å². The standard InChI is InChI=1S/C23H17N5O2/c1-3-11-29-19-10-9-15(13-20(19)30-12-4-2)21-16(14-24)22(25)27-23-26-17-7-5-6-8-18(17)28(21)23/h1-2,5-10,13,21H,11-12,25H2,(H,26,27). The van der Waals surface area contributed by atoms with E-state index in [4.69, 9.17) is 28.1 Å². The summed E-state index contributed by atoms with van der Waals surface area (Å²) in [6.07, 6.45) is 10.6. The van der Waals surface area contributed by atoms with Crippen molar-refractivity contribution in [1.29, 1.82) is 5.26 Å². The number of nitrogens with one attached hydrogen (secondary N) is 1. The molecule has 0 spiro atoms. The molecule has 0 fully saturated rings. The molecule has 1 atom stereocenters. The predicted molar refractivity (Wildman–Crippen MR) is 113 cm³/mol. The number of imidazole rings is 1. The van der Waals surface area contributed by atoms with E-state index < -0.39 is 6.04 Å². The molecule has 3 N–H and O–H groups in total. The van der Waals surface area contributed by atoms with Crippen molar-refractivity contribution in [1.82, 2.24) is 9.55 Å². The molecule has 7 heteroatoms. The fraction of sp³-hybridized carbons (Fsp3) is 0.130. The lowest BCUT2D eigenvalue weighted by molar-refractivity contribution is 0.314. The minimum Gasteiger partial charge on any atom is -0.477 e. The van der Waals surface area contributed by atoms with Crippen LogP contribution in [0.5, 0.6) is 11.5 Å². The molecule has 4 rings (SSSR count). The summed E-state index contributed by atoms with van der Waals surface area (Å²) in [6.45, 7) is 0.149. The predicted octanol–water partition coefficient (Wildman–Crippen LogP) is 2.77. The molecule has 0 bridgehead atoms. The molecule has 30 heavy (non-hydrogen) atoms. The van der Waals surface area contributed by atoms with Gasteiger partial charge in [-0.2, -0.15) is 5.26 Å². The Hall–Kier alpha value is -4.54. The van der Waals surface area contributed by atoms with Crippen LogP contribution in [0.2, 0.25) is 0 Å². The molecule has 7 nitrogen and oxygen atoms in total. The smallest absolute Gasteiger partial charge is 0.210 e. The van der Waals surface area contributed by atoms with Crippen molar-refractivity contribution >= 4 is 17.0 Å². The SMILES string of the molecule is C#CCOc1ccc(C2C(C#N)=C(N)Nc3nc4ccccc4n32)cc1OCC#C. The lowest BCUT2D eigenvalue weighted by Crippen LogP contribution is -2.27. The second kappa shape index (κ2) is 7.83. The van der Waals surface area contributed by atoms with E-state index in [0.29, 0.717) is 23.0 Å². The van der Waals surface area contributed by atoms with Crippen molar-refractivity contribution in [3.8, 4) is 42.3 Å². The van der Waals surface area contributed by atoms with Gasteiger partial charge in [0.25, 0.3) is 0 Å². The van der Waals surface area contributed by atoms with Gasteiger partial charge in [0.2, 0.25) is 5.95 Å². The molecule has 1 unspecified atom stereocenters. The first-order chi connectivity index (χ1) is 14.7. The zero-order valence-electron chi connectivity index (χ0n) is 15.9. The Morgan fingerprint density at radius 1 is 1.10 bits per heavy atom. The van der Waals surface area contributed by atoms with Gasteiger partial charge in [-0.1, -0.05) is 30.0 Å². The van der Waals surface area contributed by atoms with Crippen LogP contribution in [0, 0.1) is 36.0 Å². The molecule has 3 aromatic rings.